The van der Waals surface area contributed by atoms with Crippen LogP contribution < -0.4 is 4.90 Å². The maximum Gasteiger partial charge on any atom is 0.228 e. The number of para-hydroxylation sites is 1. The lowest BCUT2D eigenvalue weighted by molar-refractivity contribution is -0.119. The molecule has 1 aliphatic carbocycles. The summed E-state index contributed by atoms with van der Waals surface area (Å²) in [6, 6.07) is 25.7. The van der Waals surface area contributed by atoms with Crippen molar-refractivity contribution < 1.29 is 4.79 Å². The second-order valence-electron chi connectivity index (χ2n) is 7.56. The number of carbonyl (C=O) groups is 1. The molecule has 0 unspecified atom stereocenters. The molecule has 0 atom stereocenters. The molecule has 0 spiro atoms. The van der Waals surface area contributed by atoms with Crippen molar-refractivity contribution in [3.8, 4) is 0 Å². The van der Waals surface area contributed by atoms with E-state index in [1.807, 2.05) is 42.2 Å². The first-order chi connectivity index (χ1) is 13.8. The van der Waals surface area contributed by atoms with Crippen molar-refractivity contribution in [2.75, 3.05) is 18.0 Å². The van der Waals surface area contributed by atoms with Gasteiger partial charge in [-0.1, -0.05) is 60.7 Å². The molecule has 144 valence electrons. The van der Waals surface area contributed by atoms with E-state index >= 15 is 0 Å². The van der Waals surface area contributed by atoms with Gasteiger partial charge in [-0.15, -0.1) is 0 Å². The van der Waals surface area contributed by atoms with Gasteiger partial charge in [-0.2, -0.15) is 0 Å². The summed E-state index contributed by atoms with van der Waals surface area (Å²) in [5.41, 5.74) is 2.34. The number of hydrogen-bond acceptors (Lipinski definition) is 2. The van der Waals surface area contributed by atoms with Crippen molar-refractivity contribution in [2.45, 2.75) is 38.8 Å². The predicted octanol–water partition coefficient (Wildman–Crippen LogP) is 5.25. The molecule has 1 saturated carbocycles. The predicted molar refractivity (Wildman–Crippen MR) is 116 cm³/mol. The summed E-state index contributed by atoms with van der Waals surface area (Å²) < 4.78 is 0. The molecule has 0 N–H and O–H groups in total. The van der Waals surface area contributed by atoms with Crippen molar-refractivity contribution in [1.29, 1.82) is 0 Å². The second-order valence-corrected chi connectivity index (χ2v) is 7.56. The minimum Gasteiger partial charge on any atom is -0.313 e. The second kappa shape index (κ2) is 8.57. The Morgan fingerprint density at radius 1 is 0.929 bits per heavy atom. The van der Waals surface area contributed by atoms with Gasteiger partial charge in [-0.25, -0.2) is 0 Å². The SMILES string of the molecule is CCN(C(=O)CCN(Cc1cccc2ccccc12)C1CC1)c1ccccc1. The molecule has 0 bridgehead atoms. The van der Waals surface area contributed by atoms with Gasteiger partial charge >= 0.3 is 0 Å². The smallest absolute Gasteiger partial charge is 0.228 e. The van der Waals surface area contributed by atoms with Crippen LogP contribution in [0.15, 0.2) is 72.8 Å². The van der Waals surface area contributed by atoms with Crippen LogP contribution in [0.2, 0.25) is 0 Å². The Hall–Kier alpha value is -2.65. The lowest BCUT2D eigenvalue weighted by atomic mass is 10.0. The zero-order valence-corrected chi connectivity index (χ0v) is 16.6. The topological polar surface area (TPSA) is 23.6 Å². The maximum absolute atomic E-state index is 12.9. The van der Waals surface area contributed by atoms with Crippen molar-refractivity contribution in [3.63, 3.8) is 0 Å². The molecule has 0 radical (unpaired) electrons. The van der Waals surface area contributed by atoms with Crippen molar-refractivity contribution in [1.82, 2.24) is 4.90 Å². The summed E-state index contributed by atoms with van der Waals surface area (Å²) in [6.07, 6.45) is 3.05. The quantitative estimate of drug-likeness (QED) is 0.539. The zero-order chi connectivity index (χ0) is 19.3. The summed E-state index contributed by atoms with van der Waals surface area (Å²) in [7, 11) is 0. The van der Waals surface area contributed by atoms with E-state index in [1.54, 1.807) is 0 Å². The van der Waals surface area contributed by atoms with Crippen LogP contribution in [-0.2, 0) is 11.3 Å². The third-order valence-electron chi connectivity index (χ3n) is 5.61. The lowest BCUT2D eigenvalue weighted by Crippen LogP contribution is -2.35. The molecule has 3 heteroatoms. The molecular formula is C25H28N2O. The van der Waals surface area contributed by atoms with Crippen LogP contribution in [0.25, 0.3) is 10.8 Å². The number of carbonyl (C=O) groups excluding carboxylic acids is 1. The van der Waals surface area contributed by atoms with Gasteiger partial charge in [0.15, 0.2) is 0 Å². The number of rotatable bonds is 8. The van der Waals surface area contributed by atoms with Gasteiger partial charge < -0.3 is 4.90 Å². The zero-order valence-electron chi connectivity index (χ0n) is 16.6. The normalized spacial score (nSPS) is 13.8. The van der Waals surface area contributed by atoms with E-state index in [0.29, 0.717) is 19.0 Å². The molecule has 0 saturated heterocycles. The highest BCUT2D eigenvalue weighted by molar-refractivity contribution is 5.93. The molecule has 1 fully saturated rings. The lowest BCUT2D eigenvalue weighted by Gasteiger charge is -2.25. The highest BCUT2D eigenvalue weighted by Gasteiger charge is 2.29. The Morgan fingerprint density at radius 2 is 1.64 bits per heavy atom. The van der Waals surface area contributed by atoms with Crippen molar-refractivity contribution in [2.24, 2.45) is 0 Å². The van der Waals surface area contributed by atoms with Crippen LogP contribution in [0, 0.1) is 0 Å². The molecule has 3 aromatic rings. The standard InChI is InChI=1S/C25H28N2O/c1-2-27(23-12-4-3-5-13-23)25(28)17-18-26(22-15-16-22)19-21-11-8-10-20-9-6-7-14-24(20)21/h3-14,22H,2,15-19H2,1H3. The van der Waals surface area contributed by atoms with Gasteiger partial charge in [-0.3, -0.25) is 9.69 Å². The number of fused-ring (bicyclic) bond motifs is 1. The highest BCUT2D eigenvalue weighted by Crippen LogP contribution is 2.30. The van der Waals surface area contributed by atoms with Crippen LogP contribution in [-0.4, -0.2) is 29.9 Å². The molecule has 0 aromatic heterocycles. The van der Waals surface area contributed by atoms with Crippen LogP contribution in [0.5, 0.6) is 0 Å². The fraction of sp³-hybridized carbons (Fsp3) is 0.320. The van der Waals surface area contributed by atoms with E-state index in [1.165, 1.54) is 29.2 Å². The van der Waals surface area contributed by atoms with E-state index in [0.717, 1.165) is 18.8 Å². The monoisotopic (exact) mass is 372 g/mol. The first kappa shape index (κ1) is 18.7. The molecule has 1 aliphatic rings. The van der Waals surface area contributed by atoms with E-state index in [4.69, 9.17) is 0 Å². The Balaban J connectivity index is 1.45. The van der Waals surface area contributed by atoms with E-state index in [-0.39, 0.29) is 5.91 Å². The molecule has 4 rings (SSSR count). The van der Waals surface area contributed by atoms with Gasteiger partial charge in [0.1, 0.15) is 0 Å². The summed E-state index contributed by atoms with van der Waals surface area (Å²) in [4.78, 5) is 17.3. The maximum atomic E-state index is 12.9. The number of hydrogen-bond donors (Lipinski definition) is 0. The van der Waals surface area contributed by atoms with Gasteiger partial charge in [0.2, 0.25) is 5.91 Å². The third-order valence-corrected chi connectivity index (χ3v) is 5.61. The Kier molecular flexibility index (Phi) is 5.73. The summed E-state index contributed by atoms with van der Waals surface area (Å²) in [5.74, 6) is 0.206. The van der Waals surface area contributed by atoms with E-state index in [9.17, 15) is 4.79 Å². The average Bonchev–Trinajstić information content (AvgIpc) is 3.58. The molecule has 3 nitrogen and oxygen atoms in total. The van der Waals surface area contributed by atoms with Gasteiger partial charge in [-0.05, 0) is 48.2 Å². The Bertz CT molecular complexity index is 928. The number of anilines is 1. The highest BCUT2D eigenvalue weighted by atomic mass is 16.2. The fourth-order valence-corrected chi connectivity index (χ4v) is 3.96. The average molecular weight is 373 g/mol. The Morgan fingerprint density at radius 3 is 2.39 bits per heavy atom. The molecule has 1 amide bonds. The summed E-state index contributed by atoms with van der Waals surface area (Å²) in [6.45, 7) is 4.47. The van der Waals surface area contributed by atoms with Gasteiger partial charge in [0, 0.05) is 37.8 Å². The molecular weight excluding hydrogens is 344 g/mol. The van der Waals surface area contributed by atoms with Crippen LogP contribution in [0.4, 0.5) is 5.69 Å². The van der Waals surface area contributed by atoms with E-state index in [2.05, 4.69) is 47.4 Å². The minimum atomic E-state index is 0.206. The first-order valence-electron chi connectivity index (χ1n) is 10.3. The van der Waals surface area contributed by atoms with Crippen LogP contribution >= 0.6 is 0 Å². The first-order valence-corrected chi connectivity index (χ1v) is 10.3. The summed E-state index contributed by atoms with van der Waals surface area (Å²) >= 11 is 0. The molecule has 3 aromatic carbocycles. The van der Waals surface area contributed by atoms with Crippen LogP contribution in [0.1, 0.15) is 31.7 Å². The summed E-state index contributed by atoms with van der Waals surface area (Å²) in [5, 5.41) is 2.61. The van der Waals surface area contributed by atoms with Gasteiger partial charge in [0.25, 0.3) is 0 Å². The third kappa shape index (κ3) is 4.26. The molecule has 28 heavy (non-hydrogen) atoms. The minimum absolute atomic E-state index is 0.206. The number of nitrogens with zero attached hydrogens (tertiary/aromatic N) is 2. The fourth-order valence-electron chi connectivity index (χ4n) is 3.96. The van der Waals surface area contributed by atoms with Crippen molar-refractivity contribution in [3.05, 3.63) is 78.4 Å². The largest absolute Gasteiger partial charge is 0.313 e. The van der Waals surface area contributed by atoms with Crippen molar-refractivity contribution >= 4 is 22.4 Å². The van der Waals surface area contributed by atoms with E-state index < -0.39 is 0 Å². The Labute approximate surface area is 167 Å². The molecule has 0 aliphatic heterocycles. The number of amides is 1. The number of benzene rings is 3. The van der Waals surface area contributed by atoms with Crippen LogP contribution in [0.3, 0.4) is 0 Å². The molecule has 0 heterocycles. The van der Waals surface area contributed by atoms with Gasteiger partial charge in [0.05, 0.1) is 0 Å².